The first-order valence-corrected chi connectivity index (χ1v) is 4.81. The lowest BCUT2D eigenvalue weighted by Gasteiger charge is -2.19. The van der Waals surface area contributed by atoms with Gasteiger partial charge in [-0.15, -0.1) is 0 Å². The molecule has 0 aromatic carbocycles. The van der Waals surface area contributed by atoms with Crippen LogP contribution >= 0.6 is 11.6 Å². The number of esters is 1. The van der Waals surface area contributed by atoms with Crippen molar-refractivity contribution in [2.45, 2.75) is 45.6 Å². The number of oxime groups is 1. The molecule has 4 nitrogen and oxygen atoms in total. The van der Waals surface area contributed by atoms with E-state index in [-0.39, 0.29) is 17.6 Å². The van der Waals surface area contributed by atoms with E-state index in [4.69, 9.17) is 21.5 Å². The van der Waals surface area contributed by atoms with Crippen LogP contribution in [0.1, 0.15) is 40.0 Å². The summed E-state index contributed by atoms with van der Waals surface area (Å²) in [7, 11) is 0. The lowest BCUT2D eigenvalue weighted by atomic mass is 10.2. The van der Waals surface area contributed by atoms with Gasteiger partial charge in [0, 0.05) is 12.8 Å². The molecule has 0 bridgehead atoms. The zero-order chi connectivity index (χ0) is 11.2. The minimum absolute atomic E-state index is 0.105. The van der Waals surface area contributed by atoms with E-state index in [0.717, 1.165) is 0 Å². The second kappa shape index (κ2) is 5.86. The first kappa shape index (κ1) is 13.2. The van der Waals surface area contributed by atoms with E-state index in [1.54, 1.807) is 0 Å². The van der Waals surface area contributed by atoms with E-state index in [2.05, 4.69) is 5.16 Å². The third kappa shape index (κ3) is 7.86. The molecule has 0 radical (unpaired) electrons. The first-order chi connectivity index (χ1) is 6.35. The maximum absolute atomic E-state index is 11.2. The fourth-order valence-electron chi connectivity index (χ4n) is 0.821. The van der Waals surface area contributed by atoms with Crippen LogP contribution < -0.4 is 0 Å². The van der Waals surface area contributed by atoms with Gasteiger partial charge in [0.1, 0.15) is 10.8 Å². The van der Waals surface area contributed by atoms with Gasteiger partial charge in [0.2, 0.25) is 0 Å². The molecule has 0 heterocycles. The van der Waals surface area contributed by atoms with Crippen LogP contribution in [0.25, 0.3) is 0 Å². The molecule has 0 fully saturated rings. The van der Waals surface area contributed by atoms with Crippen LogP contribution in [0.5, 0.6) is 0 Å². The quantitative estimate of drug-likeness (QED) is 0.344. The zero-order valence-corrected chi connectivity index (χ0v) is 9.47. The Bertz CT molecular complexity index is 221. The highest BCUT2D eigenvalue weighted by Gasteiger charge is 2.15. The average molecular weight is 222 g/mol. The topological polar surface area (TPSA) is 58.9 Å². The molecule has 0 spiro atoms. The fourth-order valence-corrected chi connectivity index (χ4v) is 0.955. The van der Waals surface area contributed by atoms with Crippen LogP contribution in [-0.2, 0) is 9.53 Å². The third-order valence-corrected chi connectivity index (χ3v) is 1.56. The number of carbonyl (C=O) groups is 1. The van der Waals surface area contributed by atoms with E-state index in [0.29, 0.717) is 12.8 Å². The molecule has 0 aromatic rings. The summed E-state index contributed by atoms with van der Waals surface area (Å²) < 4.78 is 5.07. The average Bonchev–Trinajstić information content (AvgIpc) is 2.00. The van der Waals surface area contributed by atoms with Crippen molar-refractivity contribution in [2.24, 2.45) is 5.16 Å². The summed E-state index contributed by atoms with van der Waals surface area (Å²) in [5.74, 6) is -0.264. The number of hydrogen-bond donors (Lipinski definition) is 1. The zero-order valence-electron chi connectivity index (χ0n) is 8.71. The van der Waals surface area contributed by atoms with Crippen molar-refractivity contribution in [1.82, 2.24) is 0 Å². The Hall–Kier alpha value is -0.770. The van der Waals surface area contributed by atoms with Gasteiger partial charge in [-0.3, -0.25) is 4.79 Å². The number of rotatable bonds is 4. The molecule has 82 valence electrons. The highest BCUT2D eigenvalue weighted by atomic mass is 35.5. The van der Waals surface area contributed by atoms with Gasteiger partial charge in [-0.25, -0.2) is 0 Å². The van der Waals surface area contributed by atoms with Gasteiger partial charge >= 0.3 is 5.97 Å². The van der Waals surface area contributed by atoms with E-state index in [9.17, 15) is 4.79 Å². The van der Waals surface area contributed by atoms with Crippen molar-refractivity contribution in [3.63, 3.8) is 0 Å². The molecular formula is C9H16ClNO3. The third-order valence-electron chi connectivity index (χ3n) is 1.29. The SMILES string of the molecule is CC(C)(C)OC(=O)CCCC(Cl)=NO. The van der Waals surface area contributed by atoms with Crippen LogP contribution in [0, 0.1) is 0 Å². The van der Waals surface area contributed by atoms with Gasteiger partial charge in [-0.1, -0.05) is 16.8 Å². The largest absolute Gasteiger partial charge is 0.460 e. The minimum Gasteiger partial charge on any atom is -0.460 e. The molecule has 0 saturated heterocycles. The van der Waals surface area contributed by atoms with Crippen molar-refractivity contribution < 1.29 is 14.7 Å². The van der Waals surface area contributed by atoms with Crippen LogP contribution in [0.2, 0.25) is 0 Å². The Kier molecular flexibility index (Phi) is 5.53. The number of hydrogen-bond acceptors (Lipinski definition) is 4. The number of nitrogens with zero attached hydrogens (tertiary/aromatic N) is 1. The molecule has 0 aliphatic rings. The summed E-state index contributed by atoms with van der Waals surface area (Å²) in [4.78, 5) is 11.2. The van der Waals surface area contributed by atoms with Gasteiger partial charge in [0.25, 0.3) is 0 Å². The Labute approximate surface area is 88.9 Å². The van der Waals surface area contributed by atoms with Crippen LogP contribution in [0.3, 0.4) is 0 Å². The van der Waals surface area contributed by atoms with Crippen molar-refractivity contribution in [3.8, 4) is 0 Å². The van der Waals surface area contributed by atoms with Gasteiger partial charge in [-0.05, 0) is 27.2 Å². The minimum atomic E-state index is -0.452. The highest BCUT2D eigenvalue weighted by molar-refractivity contribution is 6.65. The maximum Gasteiger partial charge on any atom is 0.306 e. The van der Waals surface area contributed by atoms with E-state index in [1.807, 2.05) is 20.8 Å². The Morgan fingerprint density at radius 3 is 2.43 bits per heavy atom. The summed E-state index contributed by atoms with van der Waals surface area (Å²) in [6, 6.07) is 0. The summed E-state index contributed by atoms with van der Waals surface area (Å²) in [6.07, 6.45) is 1.19. The van der Waals surface area contributed by atoms with Crippen LogP contribution in [0.4, 0.5) is 0 Å². The lowest BCUT2D eigenvalue weighted by Crippen LogP contribution is -2.23. The van der Waals surface area contributed by atoms with Crippen molar-refractivity contribution in [1.29, 1.82) is 0 Å². The molecule has 14 heavy (non-hydrogen) atoms. The second-order valence-electron chi connectivity index (χ2n) is 3.92. The van der Waals surface area contributed by atoms with Crippen molar-refractivity contribution in [3.05, 3.63) is 0 Å². The molecule has 0 amide bonds. The van der Waals surface area contributed by atoms with Gasteiger partial charge in [-0.2, -0.15) is 0 Å². The second-order valence-corrected chi connectivity index (χ2v) is 4.35. The molecule has 0 aromatic heterocycles. The van der Waals surface area contributed by atoms with E-state index >= 15 is 0 Å². The summed E-state index contributed by atoms with van der Waals surface area (Å²) >= 11 is 5.43. The Morgan fingerprint density at radius 1 is 1.43 bits per heavy atom. The van der Waals surface area contributed by atoms with Gasteiger partial charge in [0.15, 0.2) is 0 Å². The van der Waals surface area contributed by atoms with E-state index < -0.39 is 5.60 Å². The Balaban J connectivity index is 3.66. The molecule has 0 unspecified atom stereocenters. The van der Waals surface area contributed by atoms with Gasteiger partial charge < -0.3 is 9.94 Å². The molecule has 0 atom stereocenters. The summed E-state index contributed by atoms with van der Waals surface area (Å²) in [5.41, 5.74) is -0.452. The molecule has 0 rings (SSSR count). The first-order valence-electron chi connectivity index (χ1n) is 4.43. The van der Waals surface area contributed by atoms with Gasteiger partial charge in [0.05, 0.1) is 0 Å². The standard InChI is InChI=1S/C9H16ClNO3/c1-9(2,3)14-8(12)6-4-5-7(10)11-13/h13H,4-6H2,1-3H3. The number of carbonyl (C=O) groups excluding carboxylic acids is 1. The van der Waals surface area contributed by atoms with E-state index in [1.165, 1.54) is 0 Å². The molecule has 5 heteroatoms. The van der Waals surface area contributed by atoms with Crippen molar-refractivity contribution >= 4 is 22.7 Å². The highest BCUT2D eigenvalue weighted by Crippen LogP contribution is 2.10. The molecule has 1 N–H and O–H groups in total. The Morgan fingerprint density at radius 2 is 2.00 bits per heavy atom. The summed E-state index contributed by atoms with van der Waals surface area (Å²) in [6.45, 7) is 5.44. The smallest absolute Gasteiger partial charge is 0.306 e. The summed E-state index contributed by atoms with van der Waals surface area (Å²) in [5, 5.41) is 11.1. The molecular weight excluding hydrogens is 206 g/mol. The predicted octanol–water partition coefficient (Wildman–Crippen LogP) is 2.52. The number of ether oxygens (including phenoxy) is 1. The molecule has 0 saturated carbocycles. The lowest BCUT2D eigenvalue weighted by molar-refractivity contribution is -0.154. The van der Waals surface area contributed by atoms with Crippen LogP contribution in [0.15, 0.2) is 5.16 Å². The monoisotopic (exact) mass is 221 g/mol. The van der Waals surface area contributed by atoms with Crippen molar-refractivity contribution in [2.75, 3.05) is 0 Å². The van der Waals surface area contributed by atoms with Crippen LogP contribution in [-0.4, -0.2) is 21.9 Å². The molecule has 0 aliphatic carbocycles. The molecule has 0 aliphatic heterocycles. The predicted molar refractivity (Wildman–Crippen MR) is 54.8 cm³/mol. The number of halogens is 1. The maximum atomic E-state index is 11.2. The fraction of sp³-hybridized carbons (Fsp3) is 0.778. The normalized spacial score (nSPS) is 12.7.